The van der Waals surface area contributed by atoms with Crippen LogP contribution >= 0.6 is 0 Å². The molecule has 0 amide bonds. The van der Waals surface area contributed by atoms with Gasteiger partial charge in [0, 0.05) is 5.69 Å². The summed E-state index contributed by atoms with van der Waals surface area (Å²) in [6, 6.07) is 7.79. The first-order valence-corrected chi connectivity index (χ1v) is 4.61. The van der Waals surface area contributed by atoms with Crippen molar-refractivity contribution in [3.8, 4) is 11.9 Å². The summed E-state index contributed by atoms with van der Waals surface area (Å²) in [5, 5.41) is 13.0. The minimum absolute atomic E-state index is 0.582. The number of aryl methyl sites for hydroxylation is 2. The van der Waals surface area contributed by atoms with Crippen LogP contribution in [0, 0.1) is 25.2 Å². The van der Waals surface area contributed by atoms with Crippen LogP contribution in [0.4, 0.5) is 0 Å². The zero-order valence-electron chi connectivity index (χ0n) is 8.60. The summed E-state index contributed by atoms with van der Waals surface area (Å²) in [6.45, 7) is 3.73. The fourth-order valence-electron chi connectivity index (χ4n) is 1.34. The number of nitriles is 1. The Labute approximate surface area is 87.8 Å². The summed E-state index contributed by atoms with van der Waals surface area (Å²) >= 11 is 0. The van der Waals surface area contributed by atoms with E-state index in [0.29, 0.717) is 5.56 Å². The van der Waals surface area contributed by atoms with Gasteiger partial charge in [0.15, 0.2) is 5.82 Å². The van der Waals surface area contributed by atoms with Gasteiger partial charge in [0.2, 0.25) is 0 Å². The predicted octanol–water partition coefficient (Wildman–Crippen LogP) is 1.76. The van der Waals surface area contributed by atoms with Crippen LogP contribution in [-0.4, -0.2) is 14.8 Å². The predicted molar refractivity (Wildman–Crippen MR) is 55.5 cm³/mol. The normalized spacial score (nSPS) is 9.93. The number of hydrogen-bond acceptors (Lipinski definition) is 3. The lowest BCUT2D eigenvalue weighted by atomic mass is 10.3. The van der Waals surface area contributed by atoms with E-state index in [1.54, 1.807) is 10.9 Å². The van der Waals surface area contributed by atoms with Gasteiger partial charge in [-0.1, -0.05) is 6.07 Å². The summed E-state index contributed by atoms with van der Waals surface area (Å²) in [5.41, 5.74) is 2.23. The molecule has 0 saturated heterocycles. The van der Waals surface area contributed by atoms with E-state index in [-0.39, 0.29) is 0 Å². The molecule has 0 fully saturated rings. The second kappa shape index (κ2) is 3.54. The van der Waals surface area contributed by atoms with Gasteiger partial charge in [-0.2, -0.15) is 10.4 Å². The van der Waals surface area contributed by atoms with Gasteiger partial charge in [-0.3, -0.25) is 0 Å². The molecule has 74 valence electrons. The molecule has 4 heteroatoms. The molecule has 0 aliphatic rings. The second-order valence-corrected chi connectivity index (χ2v) is 3.32. The zero-order chi connectivity index (χ0) is 10.8. The van der Waals surface area contributed by atoms with Crippen molar-refractivity contribution in [3.63, 3.8) is 0 Å². The highest BCUT2D eigenvalue weighted by Crippen LogP contribution is 2.09. The van der Waals surface area contributed by atoms with Crippen molar-refractivity contribution < 1.29 is 0 Å². The van der Waals surface area contributed by atoms with Crippen LogP contribution in [0.1, 0.15) is 17.0 Å². The Hall–Kier alpha value is -2.15. The van der Waals surface area contributed by atoms with E-state index in [1.807, 2.05) is 32.0 Å². The summed E-state index contributed by atoms with van der Waals surface area (Å²) in [7, 11) is 0. The van der Waals surface area contributed by atoms with Crippen molar-refractivity contribution in [1.82, 2.24) is 14.8 Å². The summed E-state index contributed by atoms with van der Waals surface area (Å²) in [6.07, 6.45) is 1.69. The largest absolute Gasteiger partial charge is 0.234 e. The van der Waals surface area contributed by atoms with Crippen LogP contribution in [0.15, 0.2) is 24.4 Å². The van der Waals surface area contributed by atoms with E-state index >= 15 is 0 Å². The first-order valence-electron chi connectivity index (χ1n) is 4.61. The van der Waals surface area contributed by atoms with Crippen LogP contribution in [-0.2, 0) is 0 Å². The van der Waals surface area contributed by atoms with Crippen LogP contribution in [0.3, 0.4) is 0 Å². The van der Waals surface area contributed by atoms with Gasteiger partial charge in [-0.15, -0.1) is 0 Å². The Morgan fingerprint density at radius 2 is 2.13 bits per heavy atom. The van der Waals surface area contributed by atoms with E-state index in [0.717, 1.165) is 17.2 Å². The van der Waals surface area contributed by atoms with Gasteiger partial charge in [0.1, 0.15) is 6.07 Å². The molecule has 4 nitrogen and oxygen atoms in total. The Balaban J connectivity index is 2.51. The van der Waals surface area contributed by atoms with Crippen LogP contribution in [0.5, 0.6) is 0 Å². The SMILES string of the molecule is Cc1cccc(-n2cc(C#N)c(C)n2)n1. The average molecular weight is 198 g/mol. The highest BCUT2D eigenvalue weighted by atomic mass is 15.3. The third-order valence-electron chi connectivity index (χ3n) is 2.13. The topological polar surface area (TPSA) is 54.5 Å². The Kier molecular flexibility index (Phi) is 2.22. The number of aromatic nitrogens is 3. The monoisotopic (exact) mass is 198 g/mol. The molecule has 0 aliphatic heterocycles. The lowest BCUT2D eigenvalue weighted by Gasteiger charge is -1.99. The van der Waals surface area contributed by atoms with Gasteiger partial charge in [0.25, 0.3) is 0 Å². The average Bonchev–Trinajstić information content (AvgIpc) is 2.60. The van der Waals surface area contributed by atoms with Gasteiger partial charge in [-0.25, -0.2) is 9.67 Å². The summed E-state index contributed by atoms with van der Waals surface area (Å²) in [5.74, 6) is 0.736. The lowest BCUT2D eigenvalue weighted by molar-refractivity contribution is 0.827. The quantitative estimate of drug-likeness (QED) is 0.701. The van der Waals surface area contributed by atoms with E-state index in [4.69, 9.17) is 5.26 Å². The molecule has 2 heterocycles. The van der Waals surface area contributed by atoms with E-state index in [9.17, 15) is 0 Å². The van der Waals surface area contributed by atoms with E-state index in [1.165, 1.54) is 0 Å². The smallest absolute Gasteiger partial charge is 0.153 e. The molecule has 0 saturated carbocycles. The van der Waals surface area contributed by atoms with Crippen molar-refractivity contribution in [2.24, 2.45) is 0 Å². The van der Waals surface area contributed by atoms with Crippen molar-refractivity contribution >= 4 is 0 Å². The van der Waals surface area contributed by atoms with Crippen molar-refractivity contribution in [3.05, 3.63) is 41.3 Å². The maximum absolute atomic E-state index is 8.81. The molecule has 0 spiro atoms. The molecule has 0 radical (unpaired) electrons. The van der Waals surface area contributed by atoms with Crippen LogP contribution in [0.2, 0.25) is 0 Å². The molecular weight excluding hydrogens is 188 g/mol. The third-order valence-corrected chi connectivity index (χ3v) is 2.13. The fraction of sp³-hybridized carbons (Fsp3) is 0.182. The summed E-state index contributed by atoms with van der Waals surface area (Å²) < 4.78 is 1.63. The van der Waals surface area contributed by atoms with Gasteiger partial charge >= 0.3 is 0 Å². The molecule has 2 rings (SSSR count). The first kappa shape index (κ1) is 9.41. The molecule has 0 N–H and O–H groups in total. The van der Waals surface area contributed by atoms with Gasteiger partial charge in [0.05, 0.1) is 17.5 Å². The van der Waals surface area contributed by atoms with Gasteiger partial charge < -0.3 is 0 Å². The molecule has 0 atom stereocenters. The Bertz CT molecular complexity index is 534. The maximum atomic E-state index is 8.81. The number of hydrogen-bond donors (Lipinski definition) is 0. The Morgan fingerprint density at radius 3 is 2.73 bits per heavy atom. The highest BCUT2D eigenvalue weighted by molar-refractivity contribution is 5.34. The van der Waals surface area contributed by atoms with E-state index in [2.05, 4.69) is 16.2 Å². The molecular formula is C11H10N4. The molecule has 15 heavy (non-hydrogen) atoms. The van der Waals surface area contributed by atoms with Gasteiger partial charge in [-0.05, 0) is 26.0 Å². The van der Waals surface area contributed by atoms with Crippen molar-refractivity contribution in [1.29, 1.82) is 5.26 Å². The first-order chi connectivity index (χ1) is 7.20. The maximum Gasteiger partial charge on any atom is 0.153 e. The van der Waals surface area contributed by atoms with Crippen LogP contribution in [0.25, 0.3) is 5.82 Å². The fourth-order valence-corrected chi connectivity index (χ4v) is 1.34. The van der Waals surface area contributed by atoms with Crippen molar-refractivity contribution in [2.45, 2.75) is 13.8 Å². The number of nitrogens with zero attached hydrogens (tertiary/aromatic N) is 4. The molecule has 0 unspecified atom stereocenters. The molecule has 2 aromatic heterocycles. The number of pyridine rings is 1. The highest BCUT2D eigenvalue weighted by Gasteiger charge is 2.05. The minimum Gasteiger partial charge on any atom is -0.234 e. The molecule has 0 aromatic carbocycles. The van der Waals surface area contributed by atoms with Crippen molar-refractivity contribution in [2.75, 3.05) is 0 Å². The van der Waals surface area contributed by atoms with E-state index < -0.39 is 0 Å². The molecule has 0 bridgehead atoms. The summed E-state index contributed by atoms with van der Waals surface area (Å²) in [4.78, 5) is 4.32. The number of rotatable bonds is 1. The zero-order valence-corrected chi connectivity index (χ0v) is 8.60. The lowest BCUT2D eigenvalue weighted by Crippen LogP contribution is -1.98. The minimum atomic E-state index is 0.582. The van der Waals surface area contributed by atoms with Crippen LogP contribution < -0.4 is 0 Å². The Morgan fingerprint density at radius 1 is 1.33 bits per heavy atom. The third kappa shape index (κ3) is 1.72. The molecule has 2 aromatic rings. The molecule has 0 aliphatic carbocycles. The second-order valence-electron chi connectivity index (χ2n) is 3.32. The standard InChI is InChI=1S/C11H10N4/c1-8-4-3-5-11(13-8)15-7-10(6-12)9(2)14-15/h3-5,7H,1-2H3.